The van der Waals surface area contributed by atoms with Crippen LogP contribution in [0.2, 0.25) is 0 Å². The molecule has 122 valence electrons. The van der Waals surface area contributed by atoms with E-state index >= 15 is 0 Å². The summed E-state index contributed by atoms with van der Waals surface area (Å²) in [6.07, 6.45) is 4.25. The molecule has 0 aromatic heterocycles. The molecule has 21 heavy (non-hydrogen) atoms. The minimum absolute atomic E-state index is 0.291. The summed E-state index contributed by atoms with van der Waals surface area (Å²) in [5, 5.41) is 14.9. The van der Waals surface area contributed by atoms with Gasteiger partial charge in [0.25, 0.3) is 0 Å². The lowest BCUT2D eigenvalue weighted by Crippen LogP contribution is -2.50. The van der Waals surface area contributed by atoms with Gasteiger partial charge in [-0.3, -0.25) is 4.79 Å². The van der Waals surface area contributed by atoms with E-state index in [1.807, 2.05) is 20.8 Å². The Hall–Kier alpha value is -1.30. The molecule has 0 aromatic carbocycles. The average molecular weight is 300 g/mol. The van der Waals surface area contributed by atoms with Crippen molar-refractivity contribution < 1.29 is 19.4 Å². The Kier molecular flexibility index (Phi) is 6.95. The Morgan fingerprint density at radius 1 is 1.24 bits per heavy atom. The molecular formula is C15H28N2O4. The molecular weight excluding hydrogens is 272 g/mol. The summed E-state index contributed by atoms with van der Waals surface area (Å²) in [4.78, 5) is 23.3. The number of hydrogen-bond donors (Lipinski definition) is 3. The fraction of sp³-hybridized carbons (Fsp3) is 0.867. The first-order chi connectivity index (χ1) is 9.85. The van der Waals surface area contributed by atoms with Gasteiger partial charge in [0.1, 0.15) is 0 Å². The Morgan fingerprint density at radius 3 is 2.52 bits per heavy atom. The van der Waals surface area contributed by atoms with Crippen LogP contribution >= 0.6 is 0 Å². The first kappa shape index (κ1) is 17.8. The van der Waals surface area contributed by atoms with Gasteiger partial charge in [-0.1, -0.05) is 19.3 Å². The summed E-state index contributed by atoms with van der Waals surface area (Å²) in [6.45, 7) is 6.69. The number of rotatable bonds is 6. The molecule has 2 amide bonds. The van der Waals surface area contributed by atoms with Gasteiger partial charge in [-0.15, -0.1) is 0 Å². The number of ether oxygens (including phenoxy) is 1. The summed E-state index contributed by atoms with van der Waals surface area (Å²) in [7, 11) is 0. The molecule has 0 heterocycles. The van der Waals surface area contributed by atoms with Crippen LogP contribution in [-0.4, -0.2) is 41.9 Å². The number of aliphatic carboxylic acids is 1. The van der Waals surface area contributed by atoms with Gasteiger partial charge in [0.05, 0.1) is 11.5 Å². The van der Waals surface area contributed by atoms with Gasteiger partial charge in [0, 0.05) is 19.2 Å². The molecule has 1 rings (SSSR count). The highest BCUT2D eigenvalue weighted by atomic mass is 16.5. The SMILES string of the molecule is CCOC(C)(C)CNC(=O)NC1CCCCCC1C(=O)O. The van der Waals surface area contributed by atoms with E-state index in [1.54, 1.807) is 0 Å². The second-order valence-corrected chi connectivity index (χ2v) is 6.21. The maximum absolute atomic E-state index is 12.0. The van der Waals surface area contributed by atoms with E-state index in [9.17, 15) is 14.7 Å². The zero-order chi connectivity index (χ0) is 15.9. The lowest BCUT2D eigenvalue weighted by molar-refractivity contribution is -0.142. The van der Waals surface area contributed by atoms with Gasteiger partial charge in [-0.05, 0) is 33.6 Å². The van der Waals surface area contributed by atoms with Crippen molar-refractivity contribution in [3.05, 3.63) is 0 Å². The Labute approximate surface area is 126 Å². The number of carboxylic acid groups (broad SMARTS) is 1. The zero-order valence-corrected chi connectivity index (χ0v) is 13.3. The minimum atomic E-state index is -0.822. The van der Waals surface area contributed by atoms with E-state index in [2.05, 4.69) is 10.6 Å². The third-order valence-electron chi connectivity index (χ3n) is 3.86. The van der Waals surface area contributed by atoms with Crippen LogP contribution in [0.1, 0.15) is 52.9 Å². The molecule has 1 fully saturated rings. The summed E-state index contributed by atoms with van der Waals surface area (Å²) in [6, 6.07) is -0.610. The number of urea groups is 1. The molecule has 0 spiro atoms. The topological polar surface area (TPSA) is 87.7 Å². The number of nitrogens with one attached hydrogen (secondary N) is 2. The summed E-state index contributed by atoms with van der Waals surface area (Å²) in [5.41, 5.74) is -0.429. The third-order valence-corrected chi connectivity index (χ3v) is 3.86. The van der Waals surface area contributed by atoms with Crippen molar-refractivity contribution in [3.63, 3.8) is 0 Å². The van der Waals surface area contributed by atoms with Crippen LogP contribution in [0.25, 0.3) is 0 Å². The third kappa shape index (κ3) is 6.33. The largest absolute Gasteiger partial charge is 0.481 e. The second kappa shape index (κ2) is 8.22. The Bertz CT molecular complexity index is 358. The highest BCUT2D eigenvalue weighted by Crippen LogP contribution is 2.23. The van der Waals surface area contributed by atoms with Crippen molar-refractivity contribution in [2.75, 3.05) is 13.2 Å². The molecule has 6 heteroatoms. The molecule has 2 unspecified atom stereocenters. The maximum Gasteiger partial charge on any atom is 0.315 e. The van der Waals surface area contributed by atoms with Gasteiger partial charge in [0.2, 0.25) is 0 Å². The van der Waals surface area contributed by atoms with Crippen LogP contribution in [0.15, 0.2) is 0 Å². The first-order valence-electron chi connectivity index (χ1n) is 7.77. The number of carbonyl (C=O) groups excluding carboxylic acids is 1. The van der Waals surface area contributed by atoms with Crippen molar-refractivity contribution >= 4 is 12.0 Å². The lowest BCUT2D eigenvalue weighted by atomic mass is 9.95. The van der Waals surface area contributed by atoms with Crippen LogP contribution in [0.5, 0.6) is 0 Å². The van der Waals surface area contributed by atoms with E-state index < -0.39 is 17.5 Å². The monoisotopic (exact) mass is 300 g/mol. The number of carbonyl (C=O) groups is 2. The zero-order valence-electron chi connectivity index (χ0n) is 13.3. The fourth-order valence-electron chi connectivity index (χ4n) is 2.73. The van der Waals surface area contributed by atoms with Crippen molar-refractivity contribution in [1.82, 2.24) is 10.6 Å². The molecule has 0 aliphatic heterocycles. The van der Waals surface area contributed by atoms with Crippen molar-refractivity contribution in [3.8, 4) is 0 Å². The molecule has 2 atom stereocenters. The van der Waals surface area contributed by atoms with Crippen molar-refractivity contribution in [1.29, 1.82) is 0 Å². The van der Waals surface area contributed by atoms with E-state index in [4.69, 9.17) is 4.74 Å². The molecule has 1 aliphatic rings. The lowest BCUT2D eigenvalue weighted by Gasteiger charge is -2.27. The van der Waals surface area contributed by atoms with Gasteiger partial charge >= 0.3 is 12.0 Å². The van der Waals surface area contributed by atoms with Crippen LogP contribution in [0.3, 0.4) is 0 Å². The molecule has 3 N–H and O–H groups in total. The average Bonchev–Trinajstić information content (AvgIpc) is 2.62. The second-order valence-electron chi connectivity index (χ2n) is 6.21. The molecule has 0 saturated heterocycles. The number of amides is 2. The molecule has 0 bridgehead atoms. The van der Waals surface area contributed by atoms with Crippen LogP contribution in [0.4, 0.5) is 4.79 Å². The highest BCUT2D eigenvalue weighted by molar-refractivity contribution is 5.76. The van der Waals surface area contributed by atoms with Crippen LogP contribution in [-0.2, 0) is 9.53 Å². The van der Waals surface area contributed by atoms with E-state index in [-0.39, 0.29) is 12.1 Å². The molecule has 1 aliphatic carbocycles. The summed E-state index contributed by atoms with van der Waals surface area (Å²) in [5.74, 6) is -1.31. The van der Waals surface area contributed by atoms with Gasteiger partial charge in [0.15, 0.2) is 0 Å². The standard InChI is InChI=1S/C15H28N2O4/c1-4-21-15(2,3)10-16-14(20)17-12-9-7-5-6-8-11(12)13(18)19/h11-12H,4-10H2,1-3H3,(H,18,19)(H2,16,17,20). The van der Waals surface area contributed by atoms with Crippen molar-refractivity contribution in [2.45, 2.75) is 64.5 Å². The molecule has 6 nitrogen and oxygen atoms in total. The summed E-state index contributed by atoms with van der Waals surface area (Å²) >= 11 is 0. The Balaban J connectivity index is 2.49. The maximum atomic E-state index is 12.0. The minimum Gasteiger partial charge on any atom is -0.481 e. The number of hydrogen-bond acceptors (Lipinski definition) is 3. The normalized spacial score (nSPS) is 23.2. The first-order valence-corrected chi connectivity index (χ1v) is 7.77. The smallest absolute Gasteiger partial charge is 0.315 e. The quantitative estimate of drug-likeness (QED) is 0.656. The summed E-state index contributed by atoms with van der Waals surface area (Å²) < 4.78 is 5.51. The van der Waals surface area contributed by atoms with Crippen LogP contribution in [0, 0.1) is 5.92 Å². The van der Waals surface area contributed by atoms with E-state index in [1.165, 1.54) is 0 Å². The predicted octanol–water partition coefficient (Wildman–Crippen LogP) is 2.13. The van der Waals surface area contributed by atoms with Crippen molar-refractivity contribution in [2.24, 2.45) is 5.92 Å². The molecule has 0 radical (unpaired) electrons. The molecule has 0 aromatic rings. The van der Waals surface area contributed by atoms with Gasteiger partial charge in [-0.25, -0.2) is 4.79 Å². The number of carboxylic acids is 1. The van der Waals surface area contributed by atoms with Crippen LogP contribution < -0.4 is 10.6 Å². The van der Waals surface area contributed by atoms with E-state index in [0.717, 1.165) is 25.7 Å². The fourth-order valence-corrected chi connectivity index (χ4v) is 2.73. The van der Waals surface area contributed by atoms with E-state index in [0.29, 0.717) is 19.6 Å². The highest BCUT2D eigenvalue weighted by Gasteiger charge is 2.30. The van der Waals surface area contributed by atoms with Gasteiger partial charge in [-0.2, -0.15) is 0 Å². The molecule has 1 saturated carbocycles. The predicted molar refractivity (Wildman–Crippen MR) is 80.2 cm³/mol. The van der Waals surface area contributed by atoms with Gasteiger partial charge < -0.3 is 20.5 Å². The Morgan fingerprint density at radius 2 is 1.90 bits per heavy atom.